The molecule has 0 bridgehead atoms. The van der Waals surface area contributed by atoms with Crippen LogP contribution in [0, 0.1) is 17.1 Å². The number of nitrogens with one attached hydrogen (secondary N) is 1. The summed E-state index contributed by atoms with van der Waals surface area (Å²) in [5.74, 6) is -0.182. The van der Waals surface area contributed by atoms with Gasteiger partial charge < -0.3 is 5.32 Å². The summed E-state index contributed by atoms with van der Waals surface area (Å²) in [6.45, 7) is 0. The number of halogens is 2. The van der Waals surface area contributed by atoms with E-state index in [4.69, 9.17) is 16.9 Å². The predicted octanol–water partition coefficient (Wildman–Crippen LogP) is 3.45. The first-order valence-corrected chi connectivity index (χ1v) is 9.10. The molecule has 1 heterocycles. The molecule has 0 aliphatic carbocycles. The topological polar surface area (TPSA) is 96.5 Å². The second-order valence-electron chi connectivity index (χ2n) is 5.31. The van der Waals surface area contributed by atoms with Gasteiger partial charge in [0.1, 0.15) is 11.9 Å². The molecule has 136 valence electrons. The Morgan fingerprint density at radius 2 is 2.19 bits per heavy atom. The van der Waals surface area contributed by atoms with Gasteiger partial charge in [-0.1, -0.05) is 29.4 Å². The number of benzene rings is 2. The minimum Gasteiger partial charge on any atom is -0.326 e. The molecule has 7 nitrogen and oxygen atoms in total. The minimum atomic E-state index is -0.389. The maximum Gasteiger partial charge on any atom is 0.225 e. The van der Waals surface area contributed by atoms with Gasteiger partial charge in [-0.25, -0.2) is 4.39 Å². The van der Waals surface area contributed by atoms with Crippen molar-refractivity contribution in [3.8, 4) is 11.8 Å². The number of nitriles is 1. The van der Waals surface area contributed by atoms with Crippen molar-refractivity contribution in [3.05, 3.63) is 58.9 Å². The summed E-state index contributed by atoms with van der Waals surface area (Å²) in [7, 11) is 0. The second kappa shape index (κ2) is 8.62. The Hall–Kier alpha value is -2.96. The molecule has 0 spiro atoms. The van der Waals surface area contributed by atoms with Crippen LogP contribution >= 0.6 is 23.4 Å². The molecule has 0 fully saturated rings. The standard InChI is InChI=1S/C17H12ClFN6OS/c18-15-9-13(5-4-11(15)10-20)21-16(26)6-7-27-17-22-23-24-25(17)14-3-1-2-12(19)8-14/h1-5,8-9H,6-7H2,(H,21,26). The van der Waals surface area contributed by atoms with Crippen LogP contribution in [0.1, 0.15) is 12.0 Å². The van der Waals surface area contributed by atoms with Crippen LogP contribution in [0.4, 0.5) is 10.1 Å². The molecule has 1 N–H and O–H groups in total. The largest absolute Gasteiger partial charge is 0.326 e. The minimum absolute atomic E-state index is 0.207. The van der Waals surface area contributed by atoms with E-state index in [9.17, 15) is 9.18 Å². The molecular weight excluding hydrogens is 391 g/mol. The van der Waals surface area contributed by atoms with Crippen molar-refractivity contribution in [3.63, 3.8) is 0 Å². The number of rotatable bonds is 6. The van der Waals surface area contributed by atoms with Crippen LogP contribution < -0.4 is 5.32 Å². The summed E-state index contributed by atoms with van der Waals surface area (Å²) < 4.78 is 14.8. The van der Waals surface area contributed by atoms with Gasteiger partial charge in [-0.2, -0.15) is 9.94 Å². The van der Waals surface area contributed by atoms with Crippen molar-refractivity contribution >= 4 is 35.0 Å². The summed E-state index contributed by atoms with van der Waals surface area (Å²) in [5.41, 5.74) is 1.35. The Morgan fingerprint density at radius 1 is 1.33 bits per heavy atom. The second-order valence-corrected chi connectivity index (χ2v) is 6.78. The molecule has 0 atom stereocenters. The van der Waals surface area contributed by atoms with Gasteiger partial charge in [0.2, 0.25) is 11.1 Å². The molecule has 0 saturated heterocycles. The van der Waals surface area contributed by atoms with Crippen LogP contribution in [-0.2, 0) is 4.79 Å². The van der Waals surface area contributed by atoms with Gasteiger partial charge in [-0.3, -0.25) is 4.79 Å². The van der Waals surface area contributed by atoms with Crippen LogP contribution in [-0.4, -0.2) is 31.9 Å². The average molecular weight is 403 g/mol. The lowest BCUT2D eigenvalue weighted by Gasteiger charge is -2.06. The molecule has 1 amide bonds. The first-order chi connectivity index (χ1) is 13.1. The van der Waals surface area contributed by atoms with Crippen molar-refractivity contribution in [2.75, 3.05) is 11.1 Å². The van der Waals surface area contributed by atoms with Crippen LogP contribution in [0.2, 0.25) is 5.02 Å². The van der Waals surface area contributed by atoms with Gasteiger partial charge in [0, 0.05) is 17.9 Å². The highest BCUT2D eigenvalue weighted by atomic mass is 35.5. The van der Waals surface area contributed by atoms with Gasteiger partial charge in [-0.15, -0.1) is 5.10 Å². The average Bonchev–Trinajstić information content (AvgIpc) is 3.10. The first-order valence-electron chi connectivity index (χ1n) is 7.73. The van der Waals surface area contributed by atoms with E-state index >= 15 is 0 Å². The lowest BCUT2D eigenvalue weighted by atomic mass is 10.2. The summed E-state index contributed by atoms with van der Waals surface area (Å²) >= 11 is 7.22. The third kappa shape index (κ3) is 4.81. The number of nitrogens with zero attached hydrogens (tertiary/aromatic N) is 5. The highest BCUT2D eigenvalue weighted by molar-refractivity contribution is 7.99. The molecule has 1 aromatic heterocycles. The molecule has 0 aliphatic heterocycles. The number of amides is 1. The third-order valence-electron chi connectivity index (χ3n) is 3.43. The number of hydrogen-bond donors (Lipinski definition) is 1. The van der Waals surface area contributed by atoms with Crippen LogP contribution in [0.3, 0.4) is 0 Å². The molecule has 27 heavy (non-hydrogen) atoms. The summed E-state index contributed by atoms with van der Waals surface area (Å²) in [4.78, 5) is 12.1. The fourth-order valence-corrected chi connectivity index (χ4v) is 3.23. The number of carbonyl (C=O) groups is 1. The lowest BCUT2D eigenvalue weighted by Crippen LogP contribution is -2.12. The number of tetrazole rings is 1. The number of hydrogen-bond acceptors (Lipinski definition) is 6. The monoisotopic (exact) mass is 402 g/mol. The van der Waals surface area contributed by atoms with Crippen molar-refractivity contribution in [2.24, 2.45) is 0 Å². The Labute approximate surface area is 163 Å². The Bertz CT molecular complexity index is 1020. The van der Waals surface area contributed by atoms with Gasteiger partial charge in [-0.05, 0) is 46.8 Å². The molecule has 0 saturated carbocycles. The first kappa shape index (κ1) is 18.8. The van der Waals surface area contributed by atoms with Crippen LogP contribution in [0.15, 0.2) is 47.6 Å². The molecule has 3 rings (SSSR count). The summed E-state index contributed by atoms with van der Waals surface area (Å²) in [6.07, 6.45) is 0.207. The van der Waals surface area contributed by atoms with E-state index < -0.39 is 0 Å². The summed E-state index contributed by atoms with van der Waals surface area (Å²) in [6, 6.07) is 12.5. The smallest absolute Gasteiger partial charge is 0.225 e. The van der Waals surface area contributed by atoms with E-state index in [1.807, 2.05) is 6.07 Å². The zero-order valence-electron chi connectivity index (χ0n) is 13.8. The molecule has 0 unspecified atom stereocenters. The number of anilines is 1. The Balaban J connectivity index is 1.56. The van der Waals surface area contributed by atoms with E-state index in [2.05, 4.69) is 20.8 Å². The van der Waals surface area contributed by atoms with Crippen molar-refractivity contribution in [1.82, 2.24) is 20.2 Å². The van der Waals surface area contributed by atoms with Crippen LogP contribution in [0.5, 0.6) is 0 Å². The molecule has 3 aromatic rings. The molecular formula is C17H12ClFN6OS. The van der Waals surface area contributed by atoms with E-state index in [0.717, 1.165) is 0 Å². The number of carbonyl (C=O) groups excluding carboxylic acids is 1. The maximum absolute atomic E-state index is 13.4. The quantitative estimate of drug-likeness (QED) is 0.634. The van der Waals surface area contributed by atoms with E-state index in [1.165, 1.54) is 34.6 Å². The molecule has 10 heteroatoms. The predicted molar refractivity (Wildman–Crippen MR) is 99.2 cm³/mol. The van der Waals surface area contributed by atoms with Crippen molar-refractivity contribution in [2.45, 2.75) is 11.6 Å². The van der Waals surface area contributed by atoms with Gasteiger partial charge >= 0.3 is 0 Å². The maximum atomic E-state index is 13.4. The van der Waals surface area contributed by atoms with Crippen molar-refractivity contribution in [1.29, 1.82) is 5.26 Å². The third-order valence-corrected chi connectivity index (χ3v) is 4.66. The molecule has 2 aromatic carbocycles. The fourth-order valence-electron chi connectivity index (χ4n) is 2.18. The lowest BCUT2D eigenvalue weighted by molar-refractivity contribution is -0.115. The van der Waals surface area contributed by atoms with E-state index in [-0.39, 0.29) is 23.2 Å². The summed E-state index contributed by atoms with van der Waals surface area (Å²) in [5, 5.41) is 23.6. The van der Waals surface area contributed by atoms with Gasteiger partial charge in [0.05, 0.1) is 16.3 Å². The fraction of sp³-hybridized carbons (Fsp3) is 0.118. The Morgan fingerprint density at radius 3 is 2.93 bits per heavy atom. The molecule has 0 radical (unpaired) electrons. The zero-order chi connectivity index (χ0) is 19.2. The van der Waals surface area contributed by atoms with E-state index in [1.54, 1.807) is 24.3 Å². The SMILES string of the molecule is N#Cc1ccc(NC(=O)CCSc2nnnn2-c2cccc(F)c2)cc1Cl. The molecule has 0 aliphatic rings. The highest BCUT2D eigenvalue weighted by Gasteiger charge is 2.11. The van der Waals surface area contributed by atoms with Gasteiger partial charge in [0.25, 0.3) is 0 Å². The number of thioether (sulfide) groups is 1. The zero-order valence-corrected chi connectivity index (χ0v) is 15.3. The Kier molecular flexibility index (Phi) is 6.01. The van der Waals surface area contributed by atoms with Gasteiger partial charge in [0.15, 0.2) is 0 Å². The highest BCUT2D eigenvalue weighted by Crippen LogP contribution is 2.22. The normalized spacial score (nSPS) is 10.4. The van der Waals surface area contributed by atoms with E-state index in [0.29, 0.717) is 27.8 Å². The van der Waals surface area contributed by atoms with Crippen LogP contribution in [0.25, 0.3) is 5.69 Å². The number of aromatic nitrogens is 4. The van der Waals surface area contributed by atoms with Crippen molar-refractivity contribution < 1.29 is 9.18 Å².